The van der Waals surface area contributed by atoms with Gasteiger partial charge in [0.1, 0.15) is 5.75 Å². The maximum Gasteiger partial charge on any atom is 0.337 e. The van der Waals surface area contributed by atoms with Crippen LogP contribution in [0.1, 0.15) is 17.3 Å². The van der Waals surface area contributed by atoms with Gasteiger partial charge < -0.3 is 14.4 Å². The van der Waals surface area contributed by atoms with E-state index in [1.165, 1.54) is 12.0 Å². The van der Waals surface area contributed by atoms with Gasteiger partial charge in [-0.1, -0.05) is 24.3 Å². The number of para-hydroxylation sites is 1. The van der Waals surface area contributed by atoms with Crippen LogP contribution in [0.5, 0.6) is 5.75 Å². The molecule has 2 rings (SSSR count). The quantitative estimate of drug-likeness (QED) is 0.797. The van der Waals surface area contributed by atoms with Crippen molar-refractivity contribution in [1.82, 2.24) is 0 Å². The summed E-state index contributed by atoms with van der Waals surface area (Å²) in [6.07, 6.45) is -0.687. The predicted molar refractivity (Wildman–Crippen MR) is 87.7 cm³/mol. The second kappa shape index (κ2) is 7.45. The molecule has 0 aliphatic rings. The molecule has 0 spiro atoms. The summed E-state index contributed by atoms with van der Waals surface area (Å²) in [5.74, 6) is -0.189. The number of anilines is 1. The standard InChI is InChI=1S/C18H19NO4/c1-13(17(20)19(2)15-9-5-4-6-10-15)23-16-11-7-8-14(12-16)18(21)22-3/h4-13H,1-3H3/t13-/m0/s1. The zero-order chi connectivity index (χ0) is 16.8. The van der Waals surface area contributed by atoms with Crippen LogP contribution in [0.25, 0.3) is 0 Å². The van der Waals surface area contributed by atoms with Crippen molar-refractivity contribution in [3.63, 3.8) is 0 Å². The van der Waals surface area contributed by atoms with Gasteiger partial charge in [-0.15, -0.1) is 0 Å². The Labute approximate surface area is 135 Å². The molecule has 0 bridgehead atoms. The number of esters is 1. The van der Waals surface area contributed by atoms with Gasteiger partial charge in [0.25, 0.3) is 5.91 Å². The van der Waals surface area contributed by atoms with E-state index in [0.717, 1.165) is 5.69 Å². The lowest BCUT2D eigenvalue weighted by Crippen LogP contribution is -2.38. The monoisotopic (exact) mass is 313 g/mol. The molecular formula is C18H19NO4. The van der Waals surface area contributed by atoms with Gasteiger partial charge in [0.2, 0.25) is 0 Å². The number of methoxy groups -OCH3 is 1. The van der Waals surface area contributed by atoms with Crippen molar-refractivity contribution >= 4 is 17.6 Å². The van der Waals surface area contributed by atoms with E-state index in [4.69, 9.17) is 4.74 Å². The van der Waals surface area contributed by atoms with Crippen molar-refractivity contribution < 1.29 is 19.1 Å². The van der Waals surface area contributed by atoms with Gasteiger partial charge in [-0.2, -0.15) is 0 Å². The first-order chi connectivity index (χ1) is 11.0. The zero-order valence-electron chi connectivity index (χ0n) is 13.4. The van der Waals surface area contributed by atoms with Crippen LogP contribution in [-0.2, 0) is 9.53 Å². The third-order valence-corrected chi connectivity index (χ3v) is 3.39. The van der Waals surface area contributed by atoms with Gasteiger partial charge in [-0.25, -0.2) is 4.79 Å². The molecule has 2 aromatic rings. The average Bonchev–Trinajstić information content (AvgIpc) is 2.60. The summed E-state index contributed by atoms with van der Waals surface area (Å²) in [7, 11) is 3.01. The molecule has 0 N–H and O–H groups in total. The largest absolute Gasteiger partial charge is 0.481 e. The molecule has 2 aromatic carbocycles. The molecule has 0 radical (unpaired) electrons. The number of amides is 1. The number of nitrogens with zero attached hydrogens (tertiary/aromatic N) is 1. The lowest BCUT2D eigenvalue weighted by atomic mass is 10.2. The number of carbonyl (C=O) groups is 2. The second-order valence-corrected chi connectivity index (χ2v) is 5.01. The fourth-order valence-corrected chi connectivity index (χ4v) is 2.12. The number of ether oxygens (including phenoxy) is 2. The summed E-state index contributed by atoms with van der Waals surface area (Å²) < 4.78 is 10.3. The van der Waals surface area contributed by atoms with Crippen molar-refractivity contribution in [3.05, 3.63) is 60.2 Å². The van der Waals surface area contributed by atoms with E-state index in [9.17, 15) is 9.59 Å². The predicted octanol–water partition coefficient (Wildman–Crippen LogP) is 2.90. The van der Waals surface area contributed by atoms with E-state index in [1.807, 2.05) is 30.3 Å². The van der Waals surface area contributed by atoms with Crippen LogP contribution >= 0.6 is 0 Å². The first-order valence-electron chi connectivity index (χ1n) is 7.20. The minimum Gasteiger partial charge on any atom is -0.481 e. The molecule has 0 aliphatic carbocycles. The molecule has 23 heavy (non-hydrogen) atoms. The molecule has 120 valence electrons. The molecule has 0 fully saturated rings. The first kappa shape index (κ1) is 16.5. The highest BCUT2D eigenvalue weighted by Gasteiger charge is 2.20. The summed E-state index contributed by atoms with van der Waals surface area (Å²) in [6.45, 7) is 1.67. The third kappa shape index (κ3) is 4.10. The molecule has 1 atom stereocenters. The van der Waals surface area contributed by atoms with E-state index >= 15 is 0 Å². The van der Waals surface area contributed by atoms with Gasteiger partial charge in [0.05, 0.1) is 12.7 Å². The molecule has 0 unspecified atom stereocenters. The molecule has 1 amide bonds. The zero-order valence-corrected chi connectivity index (χ0v) is 13.4. The molecule has 0 saturated heterocycles. The molecular weight excluding hydrogens is 294 g/mol. The van der Waals surface area contributed by atoms with Gasteiger partial charge in [0, 0.05) is 12.7 Å². The molecule has 0 aromatic heterocycles. The topological polar surface area (TPSA) is 55.8 Å². The smallest absolute Gasteiger partial charge is 0.337 e. The number of likely N-dealkylation sites (N-methyl/N-ethyl adjacent to an activating group) is 1. The fraction of sp³-hybridized carbons (Fsp3) is 0.222. The van der Waals surface area contributed by atoms with E-state index in [1.54, 1.807) is 38.2 Å². The number of hydrogen-bond acceptors (Lipinski definition) is 4. The van der Waals surface area contributed by atoms with Crippen LogP contribution in [0.2, 0.25) is 0 Å². The Bertz CT molecular complexity index is 684. The normalized spacial score (nSPS) is 11.4. The van der Waals surface area contributed by atoms with E-state index in [0.29, 0.717) is 11.3 Å². The minimum absolute atomic E-state index is 0.181. The Morgan fingerprint density at radius 3 is 2.39 bits per heavy atom. The number of rotatable bonds is 5. The van der Waals surface area contributed by atoms with Gasteiger partial charge in [-0.05, 0) is 37.3 Å². The van der Waals surface area contributed by atoms with Crippen molar-refractivity contribution in [3.8, 4) is 5.75 Å². The van der Waals surface area contributed by atoms with Gasteiger partial charge in [0.15, 0.2) is 6.10 Å². The highest BCUT2D eigenvalue weighted by Crippen LogP contribution is 2.18. The van der Waals surface area contributed by atoms with Crippen LogP contribution in [0.4, 0.5) is 5.69 Å². The van der Waals surface area contributed by atoms with Crippen LogP contribution in [0.3, 0.4) is 0 Å². The Balaban J connectivity index is 2.08. The highest BCUT2D eigenvalue weighted by atomic mass is 16.5. The van der Waals surface area contributed by atoms with Crippen LogP contribution in [0.15, 0.2) is 54.6 Å². The molecule has 0 saturated carbocycles. The van der Waals surface area contributed by atoms with Crippen molar-refractivity contribution in [2.75, 3.05) is 19.1 Å². The Morgan fingerprint density at radius 1 is 1.04 bits per heavy atom. The van der Waals surface area contributed by atoms with Crippen molar-refractivity contribution in [2.24, 2.45) is 0 Å². The van der Waals surface area contributed by atoms with E-state index < -0.39 is 12.1 Å². The molecule has 5 nitrogen and oxygen atoms in total. The molecule has 0 aliphatic heterocycles. The SMILES string of the molecule is COC(=O)c1cccc(O[C@@H](C)C(=O)N(C)c2ccccc2)c1. The van der Waals surface area contributed by atoms with Crippen LogP contribution < -0.4 is 9.64 Å². The van der Waals surface area contributed by atoms with Crippen LogP contribution in [0, 0.1) is 0 Å². The van der Waals surface area contributed by atoms with Crippen molar-refractivity contribution in [1.29, 1.82) is 0 Å². The lowest BCUT2D eigenvalue weighted by Gasteiger charge is -2.22. The van der Waals surface area contributed by atoms with Gasteiger partial charge >= 0.3 is 5.97 Å². The first-order valence-corrected chi connectivity index (χ1v) is 7.20. The summed E-state index contributed by atoms with van der Waals surface area (Å²) in [5, 5.41) is 0. The number of hydrogen-bond donors (Lipinski definition) is 0. The Morgan fingerprint density at radius 2 is 1.74 bits per heavy atom. The maximum atomic E-state index is 12.4. The summed E-state index contributed by atoms with van der Waals surface area (Å²) in [4.78, 5) is 25.5. The fourth-order valence-electron chi connectivity index (χ4n) is 2.12. The lowest BCUT2D eigenvalue weighted by molar-refractivity contribution is -0.124. The molecule has 0 heterocycles. The van der Waals surface area contributed by atoms with Gasteiger partial charge in [-0.3, -0.25) is 4.79 Å². The van der Waals surface area contributed by atoms with Crippen molar-refractivity contribution in [2.45, 2.75) is 13.0 Å². The minimum atomic E-state index is -0.687. The number of benzene rings is 2. The Kier molecular flexibility index (Phi) is 5.36. The second-order valence-electron chi connectivity index (χ2n) is 5.01. The maximum absolute atomic E-state index is 12.4. The summed E-state index contributed by atoms with van der Waals surface area (Å²) >= 11 is 0. The molecule has 5 heteroatoms. The number of carbonyl (C=O) groups excluding carboxylic acids is 2. The highest BCUT2D eigenvalue weighted by molar-refractivity contribution is 5.96. The third-order valence-electron chi connectivity index (χ3n) is 3.39. The Hall–Kier alpha value is -2.82. The van der Waals surface area contributed by atoms with E-state index in [2.05, 4.69) is 4.74 Å². The van der Waals surface area contributed by atoms with Crippen LogP contribution in [-0.4, -0.2) is 32.1 Å². The summed E-state index contributed by atoms with van der Waals surface area (Å²) in [5.41, 5.74) is 1.16. The summed E-state index contributed by atoms with van der Waals surface area (Å²) in [6, 6.07) is 15.9. The average molecular weight is 313 g/mol. The van der Waals surface area contributed by atoms with E-state index in [-0.39, 0.29) is 5.91 Å².